The average Bonchev–Trinajstić information content (AvgIpc) is 2.71. The molecule has 2 rings (SSSR count). The fraction of sp³-hybridized carbons (Fsp3) is 0.500. The first-order chi connectivity index (χ1) is 4.47. The molecule has 0 radical (unpaired) electrons. The number of hydrogen-bond donors (Lipinski definition) is 0. The summed E-state index contributed by atoms with van der Waals surface area (Å²) in [6, 6.07) is 0. The topological polar surface area (TPSA) is 9.23 Å². The summed E-state index contributed by atoms with van der Waals surface area (Å²) in [6.45, 7) is 0. The Hall–Kier alpha value is -0.720. The molecule has 0 aromatic carbocycles. The lowest BCUT2D eigenvalue weighted by molar-refractivity contribution is 0.163. The van der Waals surface area contributed by atoms with Crippen LogP contribution in [-0.4, -0.2) is 6.10 Å². The second kappa shape index (κ2) is 1.90. The fourth-order valence-corrected chi connectivity index (χ4v) is 1.09. The summed E-state index contributed by atoms with van der Waals surface area (Å²) in [4.78, 5) is 0. The minimum Gasteiger partial charge on any atom is -0.494 e. The van der Waals surface area contributed by atoms with Crippen LogP contribution in [0.2, 0.25) is 0 Å². The minimum atomic E-state index is 0.398. The lowest BCUT2D eigenvalue weighted by Crippen LogP contribution is -2.09. The molecule has 1 heterocycles. The van der Waals surface area contributed by atoms with Crippen LogP contribution < -0.4 is 0 Å². The molecular weight excluding hydrogens is 112 g/mol. The average molecular weight is 122 g/mol. The third-order valence-corrected chi connectivity index (χ3v) is 1.81. The van der Waals surface area contributed by atoms with Gasteiger partial charge in [0, 0.05) is 0 Å². The largest absolute Gasteiger partial charge is 0.494 e. The maximum absolute atomic E-state index is 5.33. The summed E-state index contributed by atoms with van der Waals surface area (Å²) in [5.74, 6) is 0.825. The second-order valence-electron chi connectivity index (χ2n) is 2.65. The van der Waals surface area contributed by atoms with Crippen molar-refractivity contribution >= 4 is 0 Å². The van der Waals surface area contributed by atoms with Gasteiger partial charge in [-0.15, -0.1) is 0 Å². The van der Waals surface area contributed by atoms with Crippen molar-refractivity contribution in [3.63, 3.8) is 0 Å². The zero-order valence-electron chi connectivity index (χ0n) is 5.29. The van der Waals surface area contributed by atoms with Gasteiger partial charge in [0.05, 0.1) is 6.26 Å². The van der Waals surface area contributed by atoms with Gasteiger partial charge in [-0.05, 0) is 30.9 Å². The van der Waals surface area contributed by atoms with Gasteiger partial charge in [-0.25, -0.2) is 0 Å². The van der Waals surface area contributed by atoms with Gasteiger partial charge in [-0.1, -0.05) is 6.08 Å². The van der Waals surface area contributed by atoms with E-state index in [0.29, 0.717) is 6.10 Å². The third-order valence-electron chi connectivity index (χ3n) is 1.81. The van der Waals surface area contributed by atoms with Crippen LogP contribution in [0, 0.1) is 5.92 Å². The molecule has 48 valence electrons. The fourth-order valence-electron chi connectivity index (χ4n) is 1.09. The van der Waals surface area contributed by atoms with Crippen LogP contribution in [0.1, 0.15) is 12.8 Å². The monoisotopic (exact) mass is 122 g/mol. The highest BCUT2D eigenvalue weighted by Crippen LogP contribution is 2.35. The molecule has 1 atom stereocenters. The molecule has 1 nitrogen and oxygen atoms in total. The van der Waals surface area contributed by atoms with Crippen LogP contribution in [0.3, 0.4) is 0 Å². The third kappa shape index (κ3) is 0.995. The maximum atomic E-state index is 5.33. The van der Waals surface area contributed by atoms with Crippen molar-refractivity contribution in [3.8, 4) is 0 Å². The van der Waals surface area contributed by atoms with E-state index in [9.17, 15) is 0 Å². The lowest BCUT2D eigenvalue weighted by atomic mass is 10.2. The van der Waals surface area contributed by atoms with E-state index in [-0.39, 0.29) is 0 Å². The number of rotatable bonds is 1. The van der Waals surface area contributed by atoms with Crippen LogP contribution >= 0.6 is 0 Å². The van der Waals surface area contributed by atoms with Gasteiger partial charge < -0.3 is 4.74 Å². The Morgan fingerprint density at radius 3 is 2.67 bits per heavy atom. The molecule has 1 aliphatic carbocycles. The van der Waals surface area contributed by atoms with Crippen molar-refractivity contribution in [2.24, 2.45) is 5.92 Å². The zero-order chi connectivity index (χ0) is 6.10. The van der Waals surface area contributed by atoms with Crippen molar-refractivity contribution in [2.75, 3.05) is 0 Å². The smallest absolute Gasteiger partial charge is 0.119 e. The highest BCUT2D eigenvalue weighted by Gasteiger charge is 2.30. The van der Waals surface area contributed by atoms with Crippen molar-refractivity contribution in [1.29, 1.82) is 0 Å². The first-order valence-electron chi connectivity index (χ1n) is 3.45. The summed E-state index contributed by atoms with van der Waals surface area (Å²) in [6.07, 6.45) is 11.0. The quantitative estimate of drug-likeness (QED) is 0.516. The molecule has 0 unspecified atom stereocenters. The molecule has 2 aliphatic rings. The number of allylic oxidation sites excluding steroid dienone is 2. The first-order valence-corrected chi connectivity index (χ1v) is 3.45. The van der Waals surface area contributed by atoms with E-state index >= 15 is 0 Å². The van der Waals surface area contributed by atoms with Gasteiger partial charge in [-0.3, -0.25) is 0 Å². The van der Waals surface area contributed by atoms with Crippen molar-refractivity contribution in [3.05, 3.63) is 24.5 Å². The Labute approximate surface area is 55.0 Å². The summed E-state index contributed by atoms with van der Waals surface area (Å²) < 4.78 is 5.33. The van der Waals surface area contributed by atoms with Gasteiger partial charge >= 0.3 is 0 Å². The second-order valence-corrected chi connectivity index (χ2v) is 2.65. The normalized spacial score (nSPS) is 32.2. The predicted octanol–water partition coefficient (Wildman–Crippen LogP) is 1.87. The standard InChI is InChI=1S/C8H10O/c1-2-6-9-8(3-1)7-4-5-7/h1-3,6-8H,4-5H2/t8-/m0/s1. The molecule has 0 amide bonds. The Morgan fingerprint density at radius 2 is 2.11 bits per heavy atom. The molecule has 1 saturated carbocycles. The zero-order valence-corrected chi connectivity index (χ0v) is 5.29. The predicted molar refractivity (Wildman–Crippen MR) is 35.9 cm³/mol. The van der Waals surface area contributed by atoms with Crippen LogP contribution in [-0.2, 0) is 4.74 Å². The Balaban J connectivity index is 1.98. The van der Waals surface area contributed by atoms with E-state index in [4.69, 9.17) is 4.74 Å². The van der Waals surface area contributed by atoms with Gasteiger partial charge in [-0.2, -0.15) is 0 Å². The Kier molecular flexibility index (Phi) is 1.08. The number of hydrogen-bond acceptors (Lipinski definition) is 1. The van der Waals surface area contributed by atoms with Crippen LogP contribution in [0.25, 0.3) is 0 Å². The SMILES string of the molecule is C1=CO[C@H](C2CC2)C=C1. The maximum Gasteiger partial charge on any atom is 0.119 e. The Bertz CT molecular complexity index is 154. The summed E-state index contributed by atoms with van der Waals surface area (Å²) in [5.41, 5.74) is 0. The van der Waals surface area contributed by atoms with E-state index in [1.807, 2.05) is 6.08 Å². The molecule has 0 bridgehead atoms. The lowest BCUT2D eigenvalue weighted by Gasteiger charge is -2.12. The highest BCUT2D eigenvalue weighted by atomic mass is 16.5. The number of ether oxygens (including phenoxy) is 1. The summed E-state index contributed by atoms with van der Waals surface area (Å²) >= 11 is 0. The van der Waals surface area contributed by atoms with Crippen LogP contribution in [0.4, 0.5) is 0 Å². The molecule has 0 saturated heterocycles. The summed E-state index contributed by atoms with van der Waals surface area (Å²) in [5, 5.41) is 0. The van der Waals surface area contributed by atoms with E-state index in [1.54, 1.807) is 6.26 Å². The summed E-state index contributed by atoms with van der Waals surface area (Å²) in [7, 11) is 0. The molecule has 1 fully saturated rings. The van der Waals surface area contributed by atoms with Gasteiger partial charge in [0.2, 0.25) is 0 Å². The van der Waals surface area contributed by atoms with E-state index in [1.165, 1.54) is 12.8 Å². The van der Waals surface area contributed by atoms with Crippen molar-refractivity contribution in [1.82, 2.24) is 0 Å². The molecule has 9 heavy (non-hydrogen) atoms. The molecule has 0 spiro atoms. The molecule has 1 aliphatic heterocycles. The minimum absolute atomic E-state index is 0.398. The van der Waals surface area contributed by atoms with E-state index < -0.39 is 0 Å². The highest BCUT2D eigenvalue weighted by molar-refractivity contribution is 5.10. The van der Waals surface area contributed by atoms with Crippen molar-refractivity contribution < 1.29 is 4.74 Å². The van der Waals surface area contributed by atoms with Gasteiger partial charge in [0.25, 0.3) is 0 Å². The van der Waals surface area contributed by atoms with Gasteiger partial charge in [0.1, 0.15) is 6.10 Å². The van der Waals surface area contributed by atoms with E-state index in [0.717, 1.165) is 5.92 Å². The molecule has 0 N–H and O–H groups in total. The Morgan fingerprint density at radius 1 is 1.22 bits per heavy atom. The molecule has 0 aromatic rings. The van der Waals surface area contributed by atoms with Crippen LogP contribution in [0.5, 0.6) is 0 Å². The van der Waals surface area contributed by atoms with E-state index in [2.05, 4.69) is 12.2 Å². The van der Waals surface area contributed by atoms with Crippen molar-refractivity contribution in [2.45, 2.75) is 18.9 Å². The molecule has 1 heteroatoms. The first kappa shape index (κ1) is 5.10. The van der Waals surface area contributed by atoms with Crippen LogP contribution in [0.15, 0.2) is 24.5 Å². The molecule has 0 aromatic heterocycles. The molecular formula is C8H10O. The van der Waals surface area contributed by atoms with Gasteiger partial charge in [0.15, 0.2) is 0 Å².